The Kier molecular flexibility index (Phi) is 5.76. The van der Waals surface area contributed by atoms with Gasteiger partial charge in [0.15, 0.2) is 0 Å². The van der Waals surface area contributed by atoms with E-state index in [-0.39, 0.29) is 21.5 Å². The minimum Gasteiger partial charge on any atom is -0.376 e. The third-order valence-electron chi connectivity index (χ3n) is 3.92. The van der Waals surface area contributed by atoms with Crippen LogP contribution in [0.2, 0.25) is 0 Å². The lowest BCUT2D eigenvalue weighted by Crippen LogP contribution is -2.33. The van der Waals surface area contributed by atoms with Crippen LogP contribution in [0.15, 0.2) is 82.1 Å². The predicted octanol–water partition coefficient (Wildman–Crippen LogP) is 3.62. The molecule has 0 bridgehead atoms. The molecule has 26 heavy (non-hydrogen) atoms. The topological polar surface area (TPSA) is 58.2 Å². The molecule has 0 saturated heterocycles. The normalized spacial score (nSPS) is 14.7. The Hall–Kier alpha value is -2.56. The number of nitrogens with one attached hydrogen (secondary N) is 2. The van der Waals surface area contributed by atoms with Crippen molar-refractivity contribution in [1.29, 1.82) is 0 Å². The highest BCUT2D eigenvalue weighted by Gasteiger charge is 2.33. The quantitative estimate of drug-likeness (QED) is 0.744. The van der Waals surface area contributed by atoms with Gasteiger partial charge in [-0.15, -0.1) is 0 Å². The monoisotopic (exact) mass is 386 g/mol. The van der Waals surface area contributed by atoms with Crippen molar-refractivity contribution in [1.82, 2.24) is 10.6 Å². The first kappa shape index (κ1) is 18.2. The molecule has 0 aromatic heterocycles. The molecule has 1 aliphatic rings. The van der Waals surface area contributed by atoms with Gasteiger partial charge in [-0.3, -0.25) is 9.59 Å². The molecule has 4 nitrogen and oxygen atoms in total. The number of halogens is 2. The molecule has 2 N–H and O–H groups in total. The van der Waals surface area contributed by atoms with E-state index in [4.69, 9.17) is 23.2 Å². The first-order chi connectivity index (χ1) is 12.6. The molecule has 0 unspecified atom stereocenters. The van der Waals surface area contributed by atoms with E-state index in [0.717, 1.165) is 11.1 Å². The van der Waals surface area contributed by atoms with E-state index in [1.165, 1.54) is 0 Å². The molecule has 3 rings (SSSR count). The van der Waals surface area contributed by atoms with Gasteiger partial charge in [0.25, 0.3) is 0 Å². The summed E-state index contributed by atoms with van der Waals surface area (Å²) in [4.78, 5) is 25.1. The summed E-state index contributed by atoms with van der Waals surface area (Å²) in [5.41, 5.74) is 1.96. The first-order valence-electron chi connectivity index (χ1n) is 8.02. The zero-order chi connectivity index (χ0) is 18.5. The number of Topliss-reactive ketones (excluding diaryl/α,β-unsaturated/α-hetero) is 2. The zero-order valence-corrected chi connectivity index (χ0v) is 15.3. The highest BCUT2D eigenvalue weighted by molar-refractivity contribution is 6.55. The maximum absolute atomic E-state index is 12.5. The molecule has 0 radical (unpaired) electrons. The molecule has 6 heteroatoms. The van der Waals surface area contributed by atoms with Crippen molar-refractivity contribution in [2.75, 3.05) is 0 Å². The van der Waals surface area contributed by atoms with E-state index < -0.39 is 11.6 Å². The number of hydrogen-bond donors (Lipinski definition) is 2. The van der Waals surface area contributed by atoms with Crippen LogP contribution in [0.3, 0.4) is 0 Å². The fourth-order valence-electron chi connectivity index (χ4n) is 2.53. The van der Waals surface area contributed by atoms with Crippen LogP contribution in [0.5, 0.6) is 0 Å². The predicted molar refractivity (Wildman–Crippen MR) is 102 cm³/mol. The van der Waals surface area contributed by atoms with Crippen molar-refractivity contribution < 1.29 is 9.59 Å². The SMILES string of the molecule is O=C1C(Cl)=C(NCc2ccccc2)C(=O)C(Cl)=C1NCc1ccccc1. The van der Waals surface area contributed by atoms with Crippen LogP contribution in [-0.2, 0) is 22.7 Å². The first-order valence-corrected chi connectivity index (χ1v) is 8.78. The Morgan fingerprint density at radius 2 is 0.962 bits per heavy atom. The van der Waals surface area contributed by atoms with Crippen LogP contribution in [-0.4, -0.2) is 11.6 Å². The second kappa shape index (κ2) is 8.21. The lowest BCUT2D eigenvalue weighted by molar-refractivity contribution is -0.116. The summed E-state index contributed by atoms with van der Waals surface area (Å²) in [6.45, 7) is 0.727. The third-order valence-corrected chi connectivity index (χ3v) is 4.64. The summed E-state index contributed by atoms with van der Waals surface area (Å²) in [6.07, 6.45) is 0. The molecule has 0 heterocycles. The van der Waals surface area contributed by atoms with E-state index in [2.05, 4.69) is 10.6 Å². The second-order valence-corrected chi connectivity index (χ2v) is 6.47. The largest absolute Gasteiger partial charge is 0.376 e. The fourth-order valence-corrected chi connectivity index (χ4v) is 3.03. The Morgan fingerprint density at radius 1 is 0.615 bits per heavy atom. The average molecular weight is 387 g/mol. The van der Waals surface area contributed by atoms with Gasteiger partial charge in [-0.05, 0) is 11.1 Å². The maximum atomic E-state index is 12.5. The fraction of sp³-hybridized carbons (Fsp3) is 0.100. The van der Waals surface area contributed by atoms with Gasteiger partial charge in [0.05, 0.1) is 0 Å². The molecule has 0 spiro atoms. The molecular formula is C20H16Cl2N2O2. The van der Waals surface area contributed by atoms with Crippen molar-refractivity contribution in [2.45, 2.75) is 13.1 Å². The number of allylic oxidation sites excluding steroid dienone is 2. The summed E-state index contributed by atoms with van der Waals surface area (Å²) in [7, 11) is 0. The third kappa shape index (κ3) is 3.98. The van der Waals surface area contributed by atoms with Crippen molar-refractivity contribution in [3.8, 4) is 0 Å². The summed E-state index contributed by atoms with van der Waals surface area (Å²) in [5, 5.41) is 5.52. The smallest absolute Gasteiger partial charge is 0.224 e. The molecule has 0 amide bonds. The van der Waals surface area contributed by atoms with Gasteiger partial charge < -0.3 is 10.6 Å². The van der Waals surface area contributed by atoms with E-state index in [0.29, 0.717) is 13.1 Å². The average Bonchev–Trinajstić information content (AvgIpc) is 2.68. The standard InChI is InChI=1S/C20H16Cl2N2O2/c21-15-17(23-11-13-7-3-1-4-8-13)19(25)16(22)18(20(15)26)24-12-14-9-5-2-6-10-14/h1-10,23-24H,11-12H2. The van der Waals surface area contributed by atoms with Crippen LogP contribution < -0.4 is 10.6 Å². The van der Waals surface area contributed by atoms with Gasteiger partial charge in [0.2, 0.25) is 11.6 Å². The van der Waals surface area contributed by atoms with E-state index in [1.54, 1.807) is 0 Å². The molecule has 0 atom stereocenters. The van der Waals surface area contributed by atoms with E-state index in [9.17, 15) is 9.59 Å². The molecule has 0 fully saturated rings. The minimum atomic E-state index is -0.497. The highest BCUT2D eigenvalue weighted by atomic mass is 35.5. The lowest BCUT2D eigenvalue weighted by atomic mass is 10.0. The Morgan fingerprint density at radius 3 is 1.31 bits per heavy atom. The zero-order valence-electron chi connectivity index (χ0n) is 13.8. The Bertz CT molecular complexity index is 815. The van der Waals surface area contributed by atoms with Crippen molar-refractivity contribution in [2.24, 2.45) is 0 Å². The van der Waals surface area contributed by atoms with Crippen LogP contribution >= 0.6 is 23.2 Å². The molecule has 132 valence electrons. The Labute approximate surface area is 161 Å². The molecule has 1 aliphatic carbocycles. The Balaban J connectivity index is 1.74. The van der Waals surface area contributed by atoms with Gasteiger partial charge in [0.1, 0.15) is 21.5 Å². The minimum absolute atomic E-state index is 0.0239. The van der Waals surface area contributed by atoms with E-state index in [1.807, 2.05) is 60.7 Å². The summed E-state index contributed by atoms with van der Waals surface area (Å²) < 4.78 is 0. The molecule has 0 aliphatic heterocycles. The maximum Gasteiger partial charge on any atom is 0.224 e. The molecule has 2 aromatic carbocycles. The number of ketones is 2. The van der Waals surface area contributed by atoms with Crippen LogP contribution in [0.25, 0.3) is 0 Å². The second-order valence-electron chi connectivity index (χ2n) is 5.71. The van der Waals surface area contributed by atoms with Gasteiger partial charge >= 0.3 is 0 Å². The van der Waals surface area contributed by atoms with Crippen molar-refractivity contribution in [3.63, 3.8) is 0 Å². The number of rotatable bonds is 6. The van der Waals surface area contributed by atoms with Crippen LogP contribution in [0, 0.1) is 0 Å². The molecule has 0 saturated carbocycles. The number of carbonyl (C=O) groups is 2. The van der Waals surface area contributed by atoms with Crippen molar-refractivity contribution in [3.05, 3.63) is 93.2 Å². The number of benzene rings is 2. The summed E-state index contributed by atoms with van der Waals surface area (Å²) >= 11 is 12.3. The van der Waals surface area contributed by atoms with E-state index >= 15 is 0 Å². The van der Waals surface area contributed by atoms with Crippen LogP contribution in [0.1, 0.15) is 11.1 Å². The molecular weight excluding hydrogens is 371 g/mol. The van der Waals surface area contributed by atoms with Gasteiger partial charge in [-0.25, -0.2) is 0 Å². The lowest BCUT2D eigenvalue weighted by Gasteiger charge is -2.20. The van der Waals surface area contributed by atoms with Gasteiger partial charge in [0, 0.05) is 13.1 Å². The molecule has 2 aromatic rings. The summed E-state index contributed by atoms with van der Waals surface area (Å²) in [5.74, 6) is -0.995. The highest BCUT2D eigenvalue weighted by Crippen LogP contribution is 2.27. The van der Waals surface area contributed by atoms with Gasteiger partial charge in [-0.2, -0.15) is 0 Å². The van der Waals surface area contributed by atoms with Crippen molar-refractivity contribution >= 4 is 34.8 Å². The van der Waals surface area contributed by atoms with Gasteiger partial charge in [-0.1, -0.05) is 83.9 Å². The number of carbonyl (C=O) groups excluding carboxylic acids is 2. The summed E-state index contributed by atoms with van der Waals surface area (Å²) in [6, 6.07) is 19.0. The van der Waals surface area contributed by atoms with Crippen LogP contribution in [0.4, 0.5) is 0 Å². The number of hydrogen-bond acceptors (Lipinski definition) is 4.